The maximum Gasteiger partial charge on any atom is 0.264 e. The van der Waals surface area contributed by atoms with Crippen molar-refractivity contribution in [1.82, 2.24) is 14.6 Å². The Bertz CT molecular complexity index is 1530. The molecule has 0 atom stereocenters. The standard InChI is InChI=1S/C24H19N5O3S2/c1-28(19-10-6-3-7-11-19)34(31,32)20-14-12-18(13-15-20)22(30)26-23-27-29-16-21(25-24(29)33-23)17-8-4-2-5-9-17/h2-16H,1H3,(H,26,27,30). The molecule has 0 spiro atoms. The summed E-state index contributed by atoms with van der Waals surface area (Å²) in [6.45, 7) is 0. The zero-order chi connectivity index (χ0) is 23.7. The summed E-state index contributed by atoms with van der Waals surface area (Å²) in [5.41, 5.74) is 2.65. The van der Waals surface area contributed by atoms with E-state index >= 15 is 0 Å². The highest BCUT2D eigenvalue weighted by Gasteiger charge is 2.22. The number of nitrogens with zero attached hydrogens (tertiary/aromatic N) is 4. The smallest absolute Gasteiger partial charge is 0.264 e. The van der Waals surface area contributed by atoms with Crippen LogP contribution in [0.5, 0.6) is 0 Å². The number of carbonyl (C=O) groups excluding carboxylic acids is 1. The van der Waals surface area contributed by atoms with Gasteiger partial charge in [0.05, 0.1) is 22.5 Å². The Kier molecular flexibility index (Phi) is 5.60. The lowest BCUT2D eigenvalue weighted by atomic mass is 10.2. The van der Waals surface area contributed by atoms with Crippen LogP contribution in [-0.2, 0) is 10.0 Å². The lowest BCUT2D eigenvalue weighted by Gasteiger charge is -2.19. The highest BCUT2D eigenvalue weighted by molar-refractivity contribution is 7.92. The van der Waals surface area contributed by atoms with Crippen LogP contribution in [0.4, 0.5) is 10.8 Å². The second-order valence-corrected chi connectivity index (χ2v) is 10.3. The number of hydrogen-bond acceptors (Lipinski definition) is 6. The van der Waals surface area contributed by atoms with Gasteiger partial charge in [-0.15, -0.1) is 5.10 Å². The third kappa shape index (κ3) is 4.16. The summed E-state index contributed by atoms with van der Waals surface area (Å²) < 4.78 is 28.7. The van der Waals surface area contributed by atoms with Crippen molar-refractivity contribution in [2.45, 2.75) is 4.90 Å². The first-order valence-corrected chi connectivity index (χ1v) is 12.5. The number of aromatic nitrogens is 3. The van der Waals surface area contributed by atoms with Crippen molar-refractivity contribution in [3.05, 3.63) is 96.7 Å². The van der Waals surface area contributed by atoms with E-state index in [2.05, 4.69) is 15.4 Å². The largest absolute Gasteiger partial charge is 0.296 e. The molecule has 8 nitrogen and oxygen atoms in total. The Labute approximate surface area is 200 Å². The number of carbonyl (C=O) groups is 1. The van der Waals surface area contributed by atoms with Crippen LogP contribution in [0.15, 0.2) is 96.0 Å². The predicted octanol–water partition coefficient (Wildman–Crippen LogP) is 4.54. The van der Waals surface area contributed by atoms with E-state index in [0.29, 0.717) is 21.3 Å². The average molecular weight is 490 g/mol. The molecule has 0 bridgehead atoms. The van der Waals surface area contributed by atoms with Crippen LogP contribution in [-0.4, -0.2) is 36.0 Å². The number of benzene rings is 3. The van der Waals surface area contributed by atoms with E-state index in [0.717, 1.165) is 11.3 Å². The molecule has 0 saturated heterocycles. The number of rotatable bonds is 6. The normalized spacial score (nSPS) is 11.4. The highest BCUT2D eigenvalue weighted by atomic mass is 32.2. The fraction of sp³-hybridized carbons (Fsp3) is 0.0417. The van der Waals surface area contributed by atoms with Gasteiger partial charge in [0.2, 0.25) is 10.1 Å². The van der Waals surface area contributed by atoms with Gasteiger partial charge in [0.25, 0.3) is 15.9 Å². The van der Waals surface area contributed by atoms with Crippen LogP contribution < -0.4 is 9.62 Å². The minimum absolute atomic E-state index is 0.0940. The number of imidazole rings is 1. The average Bonchev–Trinajstić information content (AvgIpc) is 3.43. The number of amides is 1. The first kappa shape index (κ1) is 21.8. The number of sulfonamides is 1. The Hall–Kier alpha value is -4.02. The van der Waals surface area contributed by atoms with E-state index in [4.69, 9.17) is 0 Å². The van der Waals surface area contributed by atoms with Gasteiger partial charge in [-0.3, -0.25) is 14.4 Å². The molecule has 5 rings (SSSR count). The van der Waals surface area contributed by atoms with Gasteiger partial charge in [0, 0.05) is 18.2 Å². The van der Waals surface area contributed by atoms with Gasteiger partial charge < -0.3 is 0 Å². The molecule has 3 aromatic carbocycles. The van der Waals surface area contributed by atoms with Crippen molar-refractivity contribution in [1.29, 1.82) is 0 Å². The van der Waals surface area contributed by atoms with Gasteiger partial charge in [-0.2, -0.15) is 0 Å². The van der Waals surface area contributed by atoms with Gasteiger partial charge in [-0.05, 0) is 36.4 Å². The molecule has 10 heteroatoms. The van der Waals surface area contributed by atoms with Crippen LogP contribution >= 0.6 is 11.3 Å². The van der Waals surface area contributed by atoms with Crippen molar-refractivity contribution in [3.8, 4) is 11.3 Å². The van der Waals surface area contributed by atoms with E-state index in [1.165, 1.54) is 47.0 Å². The quantitative estimate of drug-likeness (QED) is 0.378. The third-order valence-corrected chi connectivity index (χ3v) is 7.87. The minimum atomic E-state index is -3.75. The maximum atomic E-state index is 12.9. The summed E-state index contributed by atoms with van der Waals surface area (Å²) >= 11 is 1.25. The molecule has 0 radical (unpaired) electrons. The van der Waals surface area contributed by atoms with Gasteiger partial charge >= 0.3 is 0 Å². The molecule has 1 amide bonds. The summed E-state index contributed by atoms with van der Waals surface area (Å²) in [4.78, 5) is 18.0. The second kappa shape index (κ2) is 8.73. The molecule has 5 aromatic rings. The fourth-order valence-corrected chi connectivity index (χ4v) is 5.35. The first-order valence-electron chi connectivity index (χ1n) is 10.3. The molecule has 2 aromatic heterocycles. The van der Waals surface area contributed by atoms with Crippen molar-refractivity contribution in [3.63, 3.8) is 0 Å². The molecule has 0 fully saturated rings. The first-order chi connectivity index (χ1) is 16.4. The molecule has 170 valence electrons. The number of anilines is 2. The summed E-state index contributed by atoms with van der Waals surface area (Å²) in [6.07, 6.45) is 1.81. The molecule has 0 unspecified atom stereocenters. The molecule has 0 saturated carbocycles. The third-order valence-electron chi connectivity index (χ3n) is 5.23. The van der Waals surface area contributed by atoms with Gasteiger partial charge in [0.1, 0.15) is 0 Å². The van der Waals surface area contributed by atoms with Crippen LogP contribution in [0.25, 0.3) is 16.2 Å². The molecule has 0 aliphatic carbocycles. The van der Waals surface area contributed by atoms with Gasteiger partial charge in [-0.25, -0.2) is 17.9 Å². The van der Waals surface area contributed by atoms with E-state index in [9.17, 15) is 13.2 Å². The van der Waals surface area contributed by atoms with Crippen molar-refractivity contribution in [2.75, 3.05) is 16.7 Å². The Morgan fingerprint density at radius 3 is 2.24 bits per heavy atom. The van der Waals surface area contributed by atoms with Crippen molar-refractivity contribution in [2.24, 2.45) is 0 Å². The SMILES string of the molecule is CN(c1ccccc1)S(=O)(=O)c1ccc(C(=O)Nc2nn3cc(-c4ccccc4)nc3s2)cc1. The number of fused-ring (bicyclic) bond motifs is 1. The molecule has 2 heterocycles. The molecule has 0 aliphatic rings. The summed E-state index contributed by atoms with van der Waals surface area (Å²) in [7, 11) is -2.26. The van der Waals surface area contributed by atoms with E-state index in [-0.39, 0.29) is 10.8 Å². The summed E-state index contributed by atoms with van der Waals surface area (Å²) in [5.74, 6) is -0.388. The monoisotopic (exact) mass is 489 g/mol. The van der Waals surface area contributed by atoms with E-state index < -0.39 is 10.0 Å². The maximum absolute atomic E-state index is 12.9. The number of nitrogens with one attached hydrogen (secondary N) is 1. The molecule has 34 heavy (non-hydrogen) atoms. The second-order valence-electron chi connectivity index (χ2n) is 7.41. The predicted molar refractivity (Wildman–Crippen MR) is 133 cm³/mol. The van der Waals surface area contributed by atoms with E-state index in [1.807, 2.05) is 36.4 Å². The van der Waals surface area contributed by atoms with Gasteiger partial charge in [0.15, 0.2) is 0 Å². The van der Waals surface area contributed by atoms with Crippen molar-refractivity contribution >= 4 is 43.0 Å². The lowest BCUT2D eigenvalue weighted by Crippen LogP contribution is -2.26. The van der Waals surface area contributed by atoms with Crippen LogP contribution in [0.3, 0.4) is 0 Å². The van der Waals surface area contributed by atoms with Crippen LogP contribution in [0.2, 0.25) is 0 Å². The number of hydrogen-bond donors (Lipinski definition) is 1. The minimum Gasteiger partial charge on any atom is -0.296 e. The fourth-order valence-electron chi connectivity index (χ4n) is 3.38. The summed E-state index contributed by atoms with van der Waals surface area (Å²) in [6, 6.07) is 24.4. The Balaban J connectivity index is 1.31. The molecule has 1 N–H and O–H groups in total. The zero-order valence-corrected chi connectivity index (χ0v) is 19.6. The lowest BCUT2D eigenvalue weighted by molar-refractivity contribution is 0.102. The van der Waals surface area contributed by atoms with Crippen LogP contribution in [0.1, 0.15) is 10.4 Å². The van der Waals surface area contributed by atoms with Crippen molar-refractivity contribution < 1.29 is 13.2 Å². The van der Waals surface area contributed by atoms with E-state index in [1.54, 1.807) is 35.0 Å². The molecule has 0 aliphatic heterocycles. The number of para-hydroxylation sites is 1. The van der Waals surface area contributed by atoms with Crippen LogP contribution in [0, 0.1) is 0 Å². The topological polar surface area (TPSA) is 96.7 Å². The Morgan fingerprint density at radius 1 is 0.941 bits per heavy atom. The zero-order valence-electron chi connectivity index (χ0n) is 18.0. The Morgan fingerprint density at radius 2 is 1.59 bits per heavy atom. The molecular formula is C24H19N5O3S2. The van der Waals surface area contributed by atoms with Gasteiger partial charge in [-0.1, -0.05) is 59.9 Å². The molecular weight excluding hydrogens is 470 g/mol. The highest BCUT2D eigenvalue weighted by Crippen LogP contribution is 2.25. The summed E-state index contributed by atoms with van der Waals surface area (Å²) in [5, 5.41) is 7.52.